The lowest BCUT2D eigenvalue weighted by Crippen LogP contribution is -2.36. The van der Waals surface area contributed by atoms with Gasteiger partial charge in [0.05, 0.1) is 37.5 Å². The van der Waals surface area contributed by atoms with Crippen LogP contribution in [0.15, 0.2) is 52.0 Å². The lowest BCUT2D eigenvalue weighted by Gasteiger charge is -2.14. The highest BCUT2D eigenvalue weighted by atomic mass is 32.2. The molecule has 2 aromatic carbocycles. The smallest absolute Gasteiger partial charge is 0.298 e. The van der Waals surface area contributed by atoms with E-state index in [2.05, 4.69) is 10.6 Å². The summed E-state index contributed by atoms with van der Waals surface area (Å²) in [7, 11) is 4.61. The predicted octanol–water partition coefficient (Wildman–Crippen LogP) is 2.17. The zero-order valence-corrected chi connectivity index (χ0v) is 17.7. The highest BCUT2D eigenvalue weighted by Crippen LogP contribution is 2.31. The number of carbonyl (C=O) groups is 1. The van der Waals surface area contributed by atoms with Crippen molar-refractivity contribution in [1.82, 2.24) is 5.27 Å². The summed E-state index contributed by atoms with van der Waals surface area (Å²) in [6.07, 6.45) is 0. The molecule has 3 aromatic rings. The number of nitrogens with zero attached hydrogens (tertiary/aromatic N) is 2. The molecule has 0 spiro atoms. The molecule has 158 valence electrons. The van der Waals surface area contributed by atoms with Crippen LogP contribution < -0.4 is 29.3 Å². The molecule has 9 nitrogen and oxygen atoms in total. The summed E-state index contributed by atoms with van der Waals surface area (Å²) in [6, 6.07) is 12.0. The van der Waals surface area contributed by atoms with Crippen molar-refractivity contribution < 1.29 is 33.3 Å². The average Bonchev–Trinajstić information content (AvgIpc) is 3.14. The van der Waals surface area contributed by atoms with Crippen LogP contribution in [0.25, 0.3) is 5.69 Å². The van der Waals surface area contributed by atoms with Crippen LogP contribution in [0.5, 0.6) is 23.2 Å². The van der Waals surface area contributed by atoms with Crippen LogP contribution in [0.3, 0.4) is 0 Å². The minimum absolute atomic E-state index is 0.185. The first-order valence-corrected chi connectivity index (χ1v) is 9.77. The van der Waals surface area contributed by atoms with Gasteiger partial charge in [-0.1, -0.05) is 0 Å². The summed E-state index contributed by atoms with van der Waals surface area (Å²) in [6.45, 7) is 1.68. The number of amides is 1. The number of thioether (sulfide) groups is 1. The topological polar surface area (TPSA) is 110 Å². The molecule has 0 aliphatic rings. The molecule has 30 heavy (non-hydrogen) atoms. The molecule has 3 rings (SSSR count). The van der Waals surface area contributed by atoms with Gasteiger partial charge in [0, 0.05) is 18.2 Å². The summed E-state index contributed by atoms with van der Waals surface area (Å²) < 4.78 is 21.8. The second-order valence-electron chi connectivity index (χ2n) is 6.09. The third kappa shape index (κ3) is 4.60. The maximum atomic E-state index is 12.7. The predicted molar refractivity (Wildman–Crippen MR) is 108 cm³/mol. The molecule has 1 unspecified atom stereocenters. The van der Waals surface area contributed by atoms with Crippen LogP contribution in [0, 0.1) is 0 Å². The molecule has 0 saturated carbocycles. The Morgan fingerprint density at radius 1 is 1.10 bits per heavy atom. The summed E-state index contributed by atoms with van der Waals surface area (Å²) in [5.41, 5.74) is 1.10. The van der Waals surface area contributed by atoms with Gasteiger partial charge in [-0.2, -0.15) is 0 Å². The van der Waals surface area contributed by atoms with E-state index in [1.54, 1.807) is 63.6 Å². The molecule has 0 saturated heterocycles. The summed E-state index contributed by atoms with van der Waals surface area (Å²) >= 11 is 1.04. The van der Waals surface area contributed by atoms with E-state index in [9.17, 15) is 9.90 Å². The van der Waals surface area contributed by atoms with E-state index in [1.165, 1.54) is 11.8 Å². The Morgan fingerprint density at radius 2 is 1.77 bits per heavy atom. The van der Waals surface area contributed by atoms with E-state index in [1.807, 2.05) is 0 Å². The van der Waals surface area contributed by atoms with Crippen molar-refractivity contribution in [3.8, 4) is 28.9 Å². The Labute approximate surface area is 177 Å². The monoisotopic (exact) mass is 431 g/mol. The first-order valence-electron chi connectivity index (χ1n) is 8.89. The lowest BCUT2D eigenvalue weighted by atomic mass is 10.2. The van der Waals surface area contributed by atoms with Crippen LogP contribution in [0.2, 0.25) is 0 Å². The van der Waals surface area contributed by atoms with Crippen molar-refractivity contribution in [3.63, 3.8) is 0 Å². The molecule has 0 fully saturated rings. The van der Waals surface area contributed by atoms with Gasteiger partial charge in [-0.05, 0) is 47.6 Å². The standard InChI is InChI=1S/C20H21N3O6S/c1-12(18(24)21-16-10-9-15(27-3)11-17(16)28-4)30-19-20(25)29-22-23(19)13-5-7-14(26-2)8-6-13/h5-12H,1-4H3,(H-,21,22,24,25). The summed E-state index contributed by atoms with van der Waals surface area (Å²) in [5, 5.41) is 18.3. The van der Waals surface area contributed by atoms with Crippen molar-refractivity contribution in [2.24, 2.45) is 0 Å². The number of aromatic nitrogens is 2. The van der Waals surface area contributed by atoms with E-state index in [-0.39, 0.29) is 10.9 Å². The molecular weight excluding hydrogens is 410 g/mol. The molecule has 10 heteroatoms. The maximum Gasteiger partial charge on any atom is 0.298 e. The maximum absolute atomic E-state index is 12.7. The zero-order valence-electron chi connectivity index (χ0n) is 16.9. The van der Waals surface area contributed by atoms with Gasteiger partial charge >= 0.3 is 0 Å². The van der Waals surface area contributed by atoms with Crippen LogP contribution in [0.4, 0.5) is 5.69 Å². The molecular formula is C20H21N3O6S. The van der Waals surface area contributed by atoms with Gasteiger partial charge < -0.3 is 29.2 Å². The molecule has 1 aromatic heterocycles. The Morgan fingerprint density at radius 3 is 2.40 bits per heavy atom. The van der Waals surface area contributed by atoms with Crippen molar-refractivity contribution >= 4 is 23.4 Å². The van der Waals surface area contributed by atoms with Gasteiger partial charge in [-0.15, -0.1) is 0 Å². The fourth-order valence-corrected chi connectivity index (χ4v) is 3.46. The van der Waals surface area contributed by atoms with E-state index in [0.717, 1.165) is 11.8 Å². The van der Waals surface area contributed by atoms with E-state index < -0.39 is 11.2 Å². The Balaban J connectivity index is 1.77. The lowest BCUT2D eigenvalue weighted by molar-refractivity contribution is -0.705. The molecule has 1 atom stereocenters. The van der Waals surface area contributed by atoms with Crippen LogP contribution >= 0.6 is 11.8 Å². The fourth-order valence-electron chi connectivity index (χ4n) is 2.58. The van der Waals surface area contributed by atoms with Gasteiger partial charge in [-0.3, -0.25) is 4.79 Å². The highest BCUT2D eigenvalue weighted by Gasteiger charge is 2.27. The van der Waals surface area contributed by atoms with E-state index in [4.69, 9.17) is 18.7 Å². The molecule has 1 heterocycles. The first kappa shape index (κ1) is 21.3. The largest absolute Gasteiger partial charge is 0.538 e. The second kappa shape index (κ2) is 9.40. The zero-order chi connectivity index (χ0) is 21.7. The number of hydrogen-bond donors (Lipinski definition) is 1. The third-order valence-electron chi connectivity index (χ3n) is 4.21. The van der Waals surface area contributed by atoms with Crippen LogP contribution in [-0.2, 0) is 4.79 Å². The summed E-state index contributed by atoms with van der Waals surface area (Å²) in [4.78, 5) is 12.7. The van der Waals surface area contributed by atoms with Crippen LogP contribution in [-0.4, -0.2) is 37.8 Å². The fraction of sp³-hybridized carbons (Fsp3) is 0.250. The average molecular weight is 431 g/mol. The van der Waals surface area contributed by atoms with Gasteiger partial charge in [-0.25, -0.2) is 0 Å². The van der Waals surface area contributed by atoms with Gasteiger partial charge in [0.25, 0.3) is 5.03 Å². The van der Waals surface area contributed by atoms with Crippen molar-refractivity contribution in [1.29, 1.82) is 0 Å². The molecule has 1 N–H and O–H groups in total. The Kier molecular flexibility index (Phi) is 6.68. The molecule has 0 aliphatic heterocycles. The second-order valence-corrected chi connectivity index (χ2v) is 7.42. The number of rotatable bonds is 8. The molecule has 0 radical (unpaired) electrons. The van der Waals surface area contributed by atoms with Gasteiger partial charge in [0.1, 0.15) is 17.2 Å². The number of anilines is 1. The molecule has 0 aliphatic carbocycles. The number of ether oxygens (including phenoxy) is 3. The highest BCUT2D eigenvalue weighted by molar-refractivity contribution is 8.00. The quantitative estimate of drug-likeness (QED) is 0.427. The van der Waals surface area contributed by atoms with Crippen molar-refractivity contribution in [3.05, 3.63) is 42.5 Å². The Bertz CT molecular complexity index is 1020. The van der Waals surface area contributed by atoms with Gasteiger partial charge in [0.2, 0.25) is 11.6 Å². The van der Waals surface area contributed by atoms with Gasteiger partial charge in [0.15, 0.2) is 5.95 Å². The Hall–Kier alpha value is -3.40. The van der Waals surface area contributed by atoms with Crippen molar-refractivity contribution in [2.75, 3.05) is 26.6 Å². The SMILES string of the molecule is COc1ccc(-[n+]2noc([O-])c2SC(C)C(=O)Nc2ccc(OC)cc2OC)cc1. The normalized spacial score (nSPS) is 11.6. The first-order chi connectivity index (χ1) is 14.5. The van der Waals surface area contributed by atoms with Crippen molar-refractivity contribution in [2.45, 2.75) is 17.2 Å². The third-order valence-corrected chi connectivity index (χ3v) is 5.34. The number of carbonyl (C=O) groups excluding carboxylic acids is 1. The molecule has 0 bridgehead atoms. The van der Waals surface area contributed by atoms with E-state index >= 15 is 0 Å². The number of nitrogens with one attached hydrogen (secondary N) is 1. The minimum atomic E-state index is -0.627. The van der Waals surface area contributed by atoms with Crippen LogP contribution in [0.1, 0.15) is 6.92 Å². The summed E-state index contributed by atoms with van der Waals surface area (Å²) in [5.74, 6) is 0.791. The van der Waals surface area contributed by atoms with E-state index in [0.29, 0.717) is 28.6 Å². The molecule has 1 amide bonds. The number of benzene rings is 2. The minimum Gasteiger partial charge on any atom is -0.538 e. The number of hydrogen-bond acceptors (Lipinski definition) is 8. The number of methoxy groups -OCH3 is 3.